The summed E-state index contributed by atoms with van der Waals surface area (Å²) in [5.74, 6) is 0.944. The topological polar surface area (TPSA) is 71.8 Å². The lowest BCUT2D eigenvalue weighted by Crippen LogP contribution is -2.53. The highest BCUT2D eigenvalue weighted by atomic mass is 16.2. The lowest BCUT2D eigenvalue weighted by molar-refractivity contribution is -0.124. The van der Waals surface area contributed by atoms with Gasteiger partial charge in [0.25, 0.3) is 0 Å². The number of aryl methyl sites for hydroxylation is 1. The maximum atomic E-state index is 11.7. The van der Waals surface area contributed by atoms with Crippen molar-refractivity contribution in [1.29, 1.82) is 0 Å². The fraction of sp³-hybridized carbons (Fsp3) is 0.417. The van der Waals surface area contributed by atoms with Gasteiger partial charge in [-0.1, -0.05) is 0 Å². The third kappa shape index (κ3) is 1.84. The molecule has 1 amide bonds. The zero-order valence-electron chi connectivity index (χ0n) is 10.2. The molecular weight excluding hydrogens is 230 g/mol. The number of hydrogen-bond acceptors (Lipinski definition) is 4. The molecule has 18 heavy (non-hydrogen) atoms. The Bertz CT molecular complexity index is 591. The van der Waals surface area contributed by atoms with E-state index in [4.69, 9.17) is 0 Å². The van der Waals surface area contributed by atoms with Crippen LogP contribution in [0, 0.1) is 0 Å². The van der Waals surface area contributed by atoms with Crippen molar-refractivity contribution in [3.05, 3.63) is 24.3 Å². The van der Waals surface area contributed by atoms with Gasteiger partial charge in [0.2, 0.25) is 5.91 Å². The van der Waals surface area contributed by atoms with Crippen LogP contribution in [0.4, 0.5) is 0 Å². The van der Waals surface area contributed by atoms with Crippen LogP contribution in [0.25, 0.3) is 11.0 Å². The number of nitrogens with zero attached hydrogens (tertiary/aromatic N) is 3. The van der Waals surface area contributed by atoms with Crippen LogP contribution < -0.4 is 10.6 Å². The number of carbonyl (C=O) groups is 1. The van der Waals surface area contributed by atoms with Gasteiger partial charge in [0.15, 0.2) is 0 Å². The smallest absolute Gasteiger partial charge is 0.237 e. The number of piperazine rings is 1. The van der Waals surface area contributed by atoms with Crippen molar-refractivity contribution in [2.24, 2.45) is 7.05 Å². The minimum absolute atomic E-state index is 0.0476. The second-order valence-corrected chi connectivity index (χ2v) is 4.45. The van der Waals surface area contributed by atoms with Crippen molar-refractivity contribution in [1.82, 2.24) is 25.2 Å². The Morgan fingerprint density at radius 3 is 3.17 bits per heavy atom. The van der Waals surface area contributed by atoms with Gasteiger partial charge < -0.3 is 15.2 Å². The molecule has 0 bridgehead atoms. The molecule has 2 aromatic heterocycles. The van der Waals surface area contributed by atoms with Crippen molar-refractivity contribution in [2.45, 2.75) is 12.5 Å². The van der Waals surface area contributed by atoms with Crippen LogP contribution in [0.3, 0.4) is 0 Å². The highest BCUT2D eigenvalue weighted by Gasteiger charge is 2.23. The SMILES string of the molecule is Cn1c(CC2NCCNC2=O)nc2ccncc21. The summed E-state index contributed by atoms with van der Waals surface area (Å²) < 4.78 is 1.99. The quantitative estimate of drug-likeness (QED) is 0.755. The van der Waals surface area contributed by atoms with Gasteiger partial charge >= 0.3 is 0 Å². The zero-order chi connectivity index (χ0) is 12.5. The van der Waals surface area contributed by atoms with Gasteiger partial charge in [-0.15, -0.1) is 0 Å². The first-order valence-corrected chi connectivity index (χ1v) is 6.02. The molecular formula is C12H15N5O. The molecule has 2 aromatic rings. The van der Waals surface area contributed by atoms with Crippen LogP contribution >= 0.6 is 0 Å². The molecule has 6 heteroatoms. The van der Waals surface area contributed by atoms with Gasteiger partial charge in [0.1, 0.15) is 5.82 Å². The van der Waals surface area contributed by atoms with Gasteiger partial charge in [0.05, 0.1) is 23.3 Å². The van der Waals surface area contributed by atoms with Gasteiger partial charge in [-0.05, 0) is 6.07 Å². The molecule has 94 valence electrons. The van der Waals surface area contributed by atoms with E-state index in [-0.39, 0.29) is 11.9 Å². The predicted molar refractivity (Wildman–Crippen MR) is 67.0 cm³/mol. The van der Waals surface area contributed by atoms with E-state index in [9.17, 15) is 4.79 Å². The Kier molecular flexibility index (Phi) is 2.71. The van der Waals surface area contributed by atoms with Crippen LogP contribution in [-0.4, -0.2) is 39.6 Å². The number of amides is 1. The lowest BCUT2D eigenvalue weighted by Gasteiger charge is -2.23. The van der Waals surface area contributed by atoms with Gasteiger partial charge in [0, 0.05) is 32.8 Å². The summed E-state index contributed by atoms with van der Waals surface area (Å²) >= 11 is 0. The summed E-state index contributed by atoms with van der Waals surface area (Å²) in [5.41, 5.74) is 1.91. The second kappa shape index (κ2) is 4.38. The number of aromatic nitrogens is 3. The van der Waals surface area contributed by atoms with Gasteiger partial charge in [-0.3, -0.25) is 9.78 Å². The van der Waals surface area contributed by atoms with E-state index in [2.05, 4.69) is 20.6 Å². The van der Waals surface area contributed by atoms with E-state index >= 15 is 0 Å². The maximum Gasteiger partial charge on any atom is 0.237 e. The standard InChI is InChI=1S/C12H15N5O/c1-17-10-7-13-3-2-8(10)16-11(17)6-9-12(18)15-5-4-14-9/h2-3,7,9,14H,4-6H2,1H3,(H,15,18). The molecule has 0 aromatic carbocycles. The molecule has 1 saturated heterocycles. The van der Waals surface area contributed by atoms with E-state index in [1.54, 1.807) is 12.4 Å². The van der Waals surface area contributed by atoms with Crippen molar-refractivity contribution in [3.8, 4) is 0 Å². The fourth-order valence-electron chi connectivity index (χ4n) is 2.26. The number of imidazole rings is 1. The first-order chi connectivity index (χ1) is 8.75. The van der Waals surface area contributed by atoms with E-state index in [0.717, 1.165) is 23.4 Å². The second-order valence-electron chi connectivity index (χ2n) is 4.45. The van der Waals surface area contributed by atoms with Gasteiger partial charge in [-0.25, -0.2) is 4.98 Å². The summed E-state index contributed by atoms with van der Waals surface area (Å²) in [6.07, 6.45) is 4.11. The molecule has 1 fully saturated rings. The lowest BCUT2D eigenvalue weighted by atomic mass is 10.1. The van der Waals surface area contributed by atoms with Crippen molar-refractivity contribution < 1.29 is 4.79 Å². The molecule has 0 spiro atoms. The first-order valence-electron chi connectivity index (χ1n) is 6.02. The van der Waals surface area contributed by atoms with Crippen molar-refractivity contribution in [3.63, 3.8) is 0 Å². The van der Waals surface area contributed by atoms with Crippen molar-refractivity contribution in [2.75, 3.05) is 13.1 Å². The van der Waals surface area contributed by atoms with Crippen LogP contribution in [0.2, 0.25) is 0 Å². The minimum atomic E-state index is -0.192. The molecule has 2 N–H and O–H groups in total. The normalized spacial score (nSPS) is 20.1. The Morgan fingerprint density at radius 2 is 2.39 bits per heavy atom. The fourth-order valence-corrected chi connectivity index (χ4v) is 2.26. The molecule has 3 heterocycles. The van der Waals surface area contributed by atoms with Crippen LogP contribution in [-0.2, 0) is 18.3 Å². The summed E-state index contributed by atoms with van der Waals surface area (Å²) in [6.45, 7) is 1.50. The third-order valence-electron chi connectivity index (χ3n) is 3.29. The number of nitrogens with one attached hydrogen (secondary N) is 2. The molecule has 1 aliphatic heterocycles. The Morgan fingerprint density at radius 1 is 1.50 bits per heavy atom. The molecule has 6 nitrogen and oxygen atoms in total. The summed E-state index contributed by atoms with van der Waals surface area (Å²) in [5, 5.41) is 6.06. The highest BCUT2D eigenvalue weighted by molar-refractivity contribution is 5.83. The average molecular weight is 245 g/mol. The third-order valence-corrected chi connectivity index (χ3v) is 3.29. The molecule has 1 atom stereocenters. The molecule has 0 aliphatic carbocycles. The number of pyridine rings is 1. The molecule has 1 unspecified atom stereocenters. The molecule has 3 rings (SSSR count). The number of fused-ring (bicyclic) bond motifs is 1. The van der Waals surface area contributed by atoms with Gasteiger partial charge in [-0.2, -0.15) is 0 Å². The Labute approximate surface area is 104 Å². The van der Waals surface area contributed by atoms with Crippen LogP contribution in [0.15, 0.2) is 18.5 Å². The van der Waals surface area contributed by atoms with Crippen molar-refractivity contribution >= 4 is 16.9 Å². The van der Waals surface area contributed by atoms with E-state index in [1.165, 1.54) is 0 Å². The minimum Gasteiger partial charge on any atom is -0.353 e. The molecule has 0 saturated carbocycles. The van der Waals surface area contributed by atoms with E-state index in [1.807, 2.05) is 17.7 Å². The Balaban J connectivity index is 1.90. The first kappa shape index (κ1) is 11.2. The largest absolute Gasteiger partial charge is 0.353 e. The van der Waals surface area contributed by atoms with E-state index in [0.29, 0.717) is 13.0 Å². The summed E-state index contributed by atoms with van der Waals surface area (Å²) in [7, 11) is 1.95. The Hall–Kier alpha value is -1.95. The summed E-state index contributed by atoms with van der Waals surface area (Å²) in [6, 6.07) is 1.69. The number of rotatable bonds is 2. The summed E-state index contributed by atoms with van der Waals surface area (Å²) in [4.78, 5) is 20.3. The van der Waals surface area contributed by atoms with Crippen LogP contribution in [0.5, 0.6) is 0 Å². The monoisotopic (exact) mass is 245 g/mol. The zero-order valence-corrected chi connectivity index (χ0v) is 10.2. The highest BCUT2D eigenvalue weighted by Crippen LogP contribution is 2.14. The number of hydrogen-bond donors (Lipinski definition) is 2. The van der Waals surface area contributed by atoms with E-state index < -0.39 is 0 Å². The average Bonchev–Trinajstić information content (AvgIpc) is 2.70. The maximum absolute atomic E-state index is 11.7. The molecule has 1 aliphatic rings. The molecule has 0 radical (unpaired) electrons. The van der Waals surface area contributed by atoms with Crippen LogP contribution in [0.1, 0.15) is 5.82 Å². The predicted octanol–water partition coefficient (Wildman–Crippen LogP) is -0.401. The number of carbonyl (C=O) groups excluding carboxylic acids is 1.